The normalized spacial score (nSPS) is 12.2. The van der Waals surface area contributed by atoms with Gasteiger partial charge in [0, 0.05) is 24.8 Å². The highest BCUT2D eigenvalue weighted by Gasteiger charge is 2.24. The zero-order chi connectivity index (χ0) is 16.1. The Bertz CT molecular complexity index is 620. The van der Waals surface area contributed by atoms with Crippen LogP contribution >= 0.6 is 11.6 Å². The molecule has 2 aromatic rings. The van der Waals surface area contributed by atoms with E-state index in [-0.39, 0.29) is 11.9 Å². The first-order chi connectivity index (χ1) is 10.6. The molecule has 0 fully saturated rings. The van der Waals surface area contributed by atoms with Crippen LogP contribution in [0.3, 0.4) is 0 Å². The van der Waals surface area contributed by atoms with Crippen LogP contribution < -0.4 is 0 Å². The van der Waals surface area contributed by atoms with Gasteiger partial charge in [-0.2, -0.15) is 5.10 Å². The molecule has 1 aromatic carbocycles. The number of rotatable bonds is 6. The summed E-state index contributed by atoms with van der Waals surface area (Å²) in [4.78, 5) is 14.4. The quantitative estimate of drug-likeness (QED) is 0.806. The molecular formula is C17H22ClN3O. The maximum absolute atomic E-state index is 12.6. The van der Waals surface area contributed by atoms with Gasteiger partial charge < -0.3 is 4.90 Å². The van der Waals surface area contributed by atoms with E-state index >= 15 is 0 Å². The number of aromatic nitrogens is 2. The Labute approximate surface area is 136 Å². The number of halogens is 1. The van der Waals surface area contributed by atoms with E-state index in [2.05, 4.69) is 5.10 Å². The van der Waals surface area contributed by atoms with Crippen LogP contribution in [0, 0.1) is 0 Å². The fourth-order valence-electron chi connectivity index (χ4n) is 2.54. The van der Waals surface area contributed by atoms with Crippen molar-refractivity contribution in [2.45, 2.75) is 33.2 Å². The van der Waals surface area contributed by atoms with E-state index in [1.165, 1.54) is 0 Å². The van der Waals surface area contributed by atoms with Crippen LogP contribution in [0.4, 0.5) is 0 Å². The lowest BCUT2D eigenvalue weighted by Crippen LogP contribution is -2.37. The minimum atomic E-state index is -0.310. The highest BCUT2D eigenvalue weighted by molar-refractivity contribution is 6.33. The van der Waals surface area contributed by atoms with Crippen molar-refractivity contribution in [3.05, 3.63) is 41.6 Å². The summed E-state index contributed by atoms with van der Waals surface area (Å²) >= 11 is 6.32. The molecule has 0 aliphatic heterocycles. The molecule has 1 atom stereocenters. The Hall–Kier alpha value is -1.81. The lowest BCUT2D eigenvalue weighted by atomic mass is 10.2. The van der Waals surface area contributed by atoms with Crippen LogP contribution in [0.15, 0.2) is 36.5 Å². The summed E-state index contributed by atoms with van der Waals surface area (Å²) in [7, 11) is 0. The van der Waals surface area contributed by atoms with Gasteiger partial charge in [0.15, 0.2) is 0 Å². The summed E-state index contributed by atoms with van der Waals surface area (Å²) < 4.78 is 1.70. The number of carbonyl (C=O) groups excluding carboxylic acids is 1. The molecule has 1 aromatic heterocycles. The Morgan fingerprint density at radius 3 is 2.41 bits per heavy atom. The third-order valence-corrected chi connectivity index (χ3v) is 4.08. The van der Waals surface area contributed by atoms with E-state index in [0.29, 0.717) is 30.2 Å². The number of nitrogens with zero attached hydrogens (tertiary/aromatic N) is 3. The summed E-state index contributed by atoms with van der Waals surface area (Å²) in [6.45, 7) is 7.36. The van der Waals surface area contributed by atoms with Gasteiger partial charge in [-0.1, -0.05) is 48.9 Å². The minimum Gasteiger partial charge on any atom is -0.341 e. The molecule has 4 nitrogen and oxygen atoms in total. The van der Waals surface area contributed by atoms with Gasteiger partial charge in [-0.05, 0) is 20.3 Å². The molecule has 0 saturated heterocycles. The molecule has 0 bridgehead atoms. The van der Waals surface area contributed by atoms with Crippen LogP contribution in [-0.4, -0.2) is 33.7 Å². The number of likely N-dealkylation sites (N-methyl/N-ethyl adjacent to an activating group) is 1. The van der Waals surface area contributed by atoms with Gasteiger partial charge in [-0.3, -0.25) is 9.48 Å². The lowest BCUT2D eigenvalue weighted by molar-refractivity contribution is -0.134. The zero-order valence-electron chi connectivity index (χ0n) is 13.3. The van der Waals surface area contributed by atoms with Gasteiger partial charge in [-0.15, -0.1) is 0 Å². The maximum atomic E-state index is 12.6. The average Bonchev–Trinajstić information content (AvgIpc) is 2.92. The van der Waals surface area contributed by atoms with Crippen LogP contribution in [0.25, 0.3) is 11.3 Å². The van der Waals surface area contributed by atoms with Crippen molar-refractivity contribution < 1.29 is 4.79 Å². The number of amides is 1. The summed E-state index contributed by atoms with van der Waals surface area (Å²) in [5.41, 5.74) is 1.67. The first-order valence-electron chi connectivity index (χ1n) is 7.71. The smallest absolute Gasteiger partial charge is 0.247 e. The molecule has 118 valence electrons. The molecule has 5 heteroatoms. The molecular weight excluding hydrogens is 298 g/mol. The molecule has 0 saturated carbocycles. The number of carbonyl (C=O) groups is 1. The number of benzene rings is 1. The fraction of sp³-hybridized carbons (Fsp3) is 0.412. The molecule has 0 radical (unpaired) electrons. The van der Waals surface area contributed by atoms with Gasteiger partial charge in [-0.25, -0.2) is 0 Å². The second-order valence-electron chi connectivity index (χ2n) is 5.11. The van der Waals surface area contributed by atoms with E-state index in [1.807, 2.05) is 56.0 Å². The van der Waals surface area contributed by atoms with Crippen LogP contribution in [0.2, 0.25) is 5.02 Å². The average molecular weight is 320 g/mol. The van der Waals surface area contributed by atoms with E-state index in [4.69, 9.17) is 11.6 Å². The van der Waals surface area contributed by atoms with Crippen molar-refractivity contribution in [3.63, 3.8) is 0 Å². The Kier molecular flexibility index (Phi) is 5.61. The van der Waals surface area contributed by atoms with Crippen molar-refractivity contribution in [1.29, 1.82) is 0 Å². The standard InChI is InChI=1S/C17H22ClN3O/c1-4-15(17(22)20(5-2)6-3)21-12-14(18)16(19-21)13-10-8-7-9-11-13/h7-12,15H,4-6H2,1-3H3. The van der Waals surface area contributed by atoms with Gasteiger partial charge >= 0.3 is 0 Å². The topological polar surface area (TPSA) is 38.1 Å². The van der Waals surface area contributed by atoms with Gasteiger partial charge in [0.25, 0.3) is 0 Å². The third kappa shape index (κ3) is 3.33. The molecule has 1 heterocycles. The van der Waals surface area contributed by atoms with Crippen LogP contribution in [0.1, 0.15) is 33.2 Å². The third-order valence-electron chi connectivity index (χ3n) is 3.80. The molecule has 22 heavy (non-hydrogen) atoms. The fourth-order valence-corrected chi connectivity index (χ4v) is 2.79. The minimum absolute atomic E-state index is 0.0891. The van der Waals surface area contributed by atoms with Gasteiger partial charge in [0.1, 0.15) is 11.7 Å². The van der Waals surface area contributed by atoms with E-state index in [9.17, 15) is 4.79 Å². The molecule has 1 amide bonds. The monoisotopic (exact) mass is 319 g/mol. The van der Waals surface area contributed by atoms with Crippen molar-refractivity contribution in [2.24, 2.45) is 0 Å². The SMILES string of the molecule is CCC(C(=O)N(CC)CC)n1cc(Cl)c(-c2ccccc2)n1. The van der Waals surface area contributed by atoms with E-state index in [0.717, 1.165) is 5.56 Å². The van der Waals surface area contributed by atoms with Gasteiger partial charge in [0.05, 0.1) is 5.02 Å². The molecule has 0 aliphatic rings. The second kappa shape index (κ2) is 7.45. The Morgan fingerprint density at radius 2 is 1.86 bits per heavy atom. The number of hydrogen-bond donors (Lipinski definition) is 0. The Balaban J connectivity index is 2.34. The molecule has 0 aliphatic carbocycles. The maximum Gasteiger partial charge on any atom is 0.247 e. The van der Waals surface area contributed by atoms with Crippen LogP contribution in [-0.2, 0) is 4.79 Å². The molecule has 0 spiro atoms. The summed E-state index contributed by atoms with van der Waals surface area (Å²) in [6, 6.07) is 9.46. The predicted molar refractivity (Wildman–Crippen MR) is 89.9 cm³/mol. The first-order valence-corrected chi connectivity index (χ1v) is 8.08. The summed E-state index contributed by atoms with van der Waals surface area (Å²) in [5.74, 6) is 0.0891. The van der Waals surface area contributed by atoms with Crippen molar-refractivity contribution in [3.8, 4) is 11.3 Å². The summed E-state index contributed by atoms with van der Waals surface area (Å²) in [6.07, 6.45) is 2.43. The molecule has 0 N–H and O–H groups in total. The zero-order valence-corrected chi connectivity index (χ0v) is 14.0. The lowest BCUT2D eigenvalue weighted by Gasteiger charge is -2.24. The van der Waals surface area contributed by atoms with Gasteiger partial charge in [0.2, 0.25) is 5.91 Å². The first kappa shape index (κ1) is 16.6. The molecule has 1 unspecified atom stereocenters. The highest BCUT2D eigenvalue weighted by atomic mass is 35.5. The van der Waals surface area contributed by atoms with E-state index in [1.54, 1.807) is 10.9 Å². The summed E-state index contributed by atoms with van der Waals surface area (Å²) in [5, 5.41) is 5.13. The van der Waals surface area contributed by atoms with Crippen molar-refractivity contribution in [2.75, 3.05) is 13.1 Å². The van der Waals surface area contributed by atoms with Crippen LogP contribution in [0.5, 0.6) is 0 Å². The highest BCUT2D eigenvalue weighted by Crippen LogP contribution is 2.28. The predicted octanol–water partition coefficient (Wildman–Crippen LogP) is 4.02. The second-order valence-corrected chi connectivity index (χ2v) is 5.51. The number of hydrogen-bond acceptors (Lipinski definition) is 2. The van der Waals surface area contributed by atoms with Crippen molar-refractivity contribution >= 4 is 17.5 Å². The van der Waals surface area contributed by atoms with Crippen molar-refractivity contribution in [1.82, 2.24) is 14.7 Å². The Morgan fingerprint density at radius 1 is 1.23 bits per heavy atom. The molecule has 2 rings (SSSR count). The largest absolute Gasteiger partial charge is 0.341 e. The van der Waals surface area contributed by atoms with E-state index < -0.39 is 0 Å².